The number of amides is 1. The van der Waals surface area contributed by atoms with Crippen molar-refractivity contribution in [1.82, 2.24) is 14.7 Å². The molecule has 0 bridgehead atoms. The Morgan fingerprint density at radius 3 is 2.50 bits per heavy atom. The van der Waals surface area contributed by atoms with Crippen molar-refractivity contribution in [3.63, 3.8) is 0 Å². The Bertz CT molecular complexity index is 813. The Kier molecular flexibility index (Phi) is 4.97. The Morgan fingerprint density at radius 1 is 1.23 bits per heavy atom. The van der Waals surface area contributed by atoms with Crippen LogP contribution >= 0.6 is 0 Å². The predicted octanol–water partition coefficient (Wildman–Crippen LogP) is 1.74. The van der Waals surface area contributed by atoms with E-state index in [9.17, 15) is 14.7 Å². The number of aliphatic carboxylic acids is 1. The van der Waals surface area contributed by atoms with Crippen LogP contribution in [0.3, 0.4) is 0 Å². The van der Waals surface area contributed by atoms with E-state index in [2.05, 4.69) is 5.10 Å². The fourth-order valence-corrected chi connectivity index (χ4v) is 3.32. The van der Waals surface area contributed by atoms with Gasteiger partial charge in [-0.2, -0.15) is 5.10 Å². The number of rotatable bonds is 5. The minimum Gasteiger partial charge on any atom is -0.484 e. The molecule has 138 valence electrons. The van der Waals surface area contributed by atoms with E-state index >= 15 is 0 Å². The summed E-state index contributed by atoms with van der Waals surface area (Å²) in [6.45, 7) is 4.33. The summed E-state index contributed by atoms with van der Waals surface area (Å²) in [5.41, 5.74) is 2.92. The third-order valence-corrected chi connectivity index (χ3v) is 5.05. The third-order valence-electron chi connectivity index (χ3n) is 5.05. The summed E-state index contributed by atoms with van der Waals surface area (Å²) in [5.74, 6) is -1.38. The molecule has 1 N–H and O–H groups in total. The zero-order valence-corrected chi connectivity index (χ0v) is 15.2. The number of carbonyl (C=O) groups excluding carboxylic acids is 1. The maximum atomic E-state index is 12.5. The van der Waals surface area contributed by atoms with Crippen LogP contribution in [0.25, 0.3) is 0 Å². The molecular weight excluding hydrogens is 334 g/mol. The van der Waals surface area contributed by atoms with E-state index in [4.69, 9.17) is 4.74 Å². The van der Waals surface area contributed by atoms with E-state index < -0.39 is 11.9 Å². The summed E-state index contributed by atoms with van der Waals surface area (Å²) >= 11 is 0. The van der Waals surface area contributed by atoms with Crippen LogP contribution < -0.4 is 4.74 Å². The summed E-state index contributed by atoms with van der Waals surface area (Å²) < 4.78 is 7.27. The molecule has 1 saturated heterocycles. The fraction of sp³-hybridized carbons (Fsp3) is 0.421. The average molecular weight is 357 g/mol. The maximum absolute atomic E-state index is 12.5. The van der Waals surface area contributed by atoms with Crippen LogP contribution in [-0.4, -0.2) is 51.4 Å². The highest BCUT2D eigenvalue weighted by molar-refractivity contribution is 5.80. The zero-order valence-electron chi connectivity index (χ0n) is 15.2. The zero-order chi connectivity index (χ0) is 18.8. The van der Waals surface area contributed by atoms with Crippen molar-refractivity contribution in [2.45, 2.75) is 19.8 Å². The van der Waals surface area contributed by atoms with Crippen LogP contribution in [0.2, 0.25) is 0 Å². The molecule has 1 aliphatic heterocycles. The molecule has 7 heteroatoms. The molecule has 2 atom stereocenters. The standard InChI is InChI=1S/C19H23N3O4/c1-12-4-6-14(7-5-12)26-11-18(23)22-9-16(17(10-22)19(24)25)15-8-20-21(3)13(15)2/h4-8,16-17H,9-11H2,1-3H3,(H,24,25)/t16-,17+/m1/s1. The van der Waals surface area contributed by atoms with E-state index in [1.54, 1.807) is 15.8 Å². The number of benzene rings is 1. The minimum absolute atomic E-state index is 0.103. The molecule has 0 spiro atoms. The van der Waals surface area contributed by atoms with Gasteiger partial charge in [-0.05, 0) is 31.5 Å². The number of hydrogen-bond donors (Lipinski definition) is 1. The van der Waals surface area contributed by atoms with E-state index in [0.29, 0.717) is 12.3 Å². The molecule has 0 radical (unpaired) electrons. The van der Waals surface area contributed by atoms with Gasteiger partial charge >= 0.3 is 5.97 Å². The molecule has 26 heavy (non-hydrogen) atoms. The van der Waals surface area contributed by atoms with Crippen molar-refractivity contribution in [1.29, 1.82) is 0 Å². The third kappa shape index (κ3) is 3.56. The Labute approximate surface area is 152 Å². The predicted molar refractivity (Wildman–Crippen MR) is 95.1 cm³/mol. The number of aromatic nitrogens is 2. The highest BCUT2D eigenvalue weighted by Crippen LogP contribution is 2.34. The van der Waals surface area contributed by atoms with E-state index in [1.165, 1.54) is 0 Å². The van der Waals surface area contributed by atoms with Crippen LogP contribution in [0, 0.1) is 19.8 Å². The number of hydrogen-bond acceptors (Lipinski definition) is 4. The summed E-state index contributed by atoms with van der Waals surface area (Å²) in [6.07, 6.45) is 1.70. The summed E-state index contributed by atoms with van der Waals surface area (Å²) in [7, 11) is 1.82. The van der Waals surface area contributed by atoms with E-state index in [-0.39, 0.29) is 25.0 Å². The Morgan fingerprint density at radius 2 is 1.92 bits per heavy atom. The van der Waals surface area contributed by atoms with Crippen molar-refractivity contribution in [2.75, 3.05) is 19.7 Å². The van der Waals surface area contributed by atoms with Crippen LogP contribution in [0.1, 0.15) is 22.7 Å². The van der Waals surface area contributed by atoms with Gasteiger partial charge in [0.15, 0.2) is 6.61 Å². The lowest BCUT2D eigenvalue weighted by molar-refractivity contribution is -0.142. The number of nitrogens with zero attached hydrogens (tertiary/aromatic N) is 3. The lowest BCUT2D eigenvalue weighted by Crippen LogP contribution is -2.33. The van der Waals surface area contributed by atoms with Gasteiger partial charge in [-0.1, -0.05) is 17.7 Å². The molecule has 0 unspecified atom stereocenters. The largest absolute Gasteiger partial charge is 0.484 e. The highest BCUT2D eigenvalue weighted by atomic mass is 16.5. The molecule has 3 rings (SSSR count). The first-order chi connectivity index (χ1) is 12.4. The van der Waals surface area contributed by atoms with Crippen LogP contribution in [0.5, 0.6) is 5.75 Å². The fourth-order valence-electron chi connectivity index (χ4n) is 3.32. The quantitative estimate of drug-likeness (QED) is 0.881. The molecule has 7 nitrogen and oxygen atoms in total. The van der Waals surface area contributed by atoms with Crippen molar-refractivity contribution in [3.8, 4) is 5.75 Å². The van der Waals surface area contributed by atoms with Crippen molar-refractivity contribution >= 4 is 11.9 Å². The minimum atomic E-state index is -0.895. The second-order valence-corrected chi connectivity index (χ2v) is 6.76. The lowest BCUT2D eigenvalue weighted by Gasteiger charge is -2.17. The molecule has 1 aromatic carbocycles. The van der Waals surface area contributed by atoms with Crippen molar-refractivity contribution < 1.29 is 19.4 Å². The monoisotopic (exact) mass is 357 g/mol. The number of carboxylic acid groups (broad SMARTS) is 1. The second-order valence-electron chi connectivity index (χ2n) is 6.76. The van der Waals surface area contributed by atoms with Gasteiger partial charge in [0.1, 0.15) is 5.75 Å². The topological polar surface area (TPSA) is 84.7 Å². The van der Waals surface area contributed by atoms with Gasteiger partial charge in [-0.25, -0.2) is 0 Å². The first-order valence-corrected chi connectivity index (χ1v) is 8.55. The summed E-state index contributed by atoms with van der Waals surface area (Å²) in [5, 5.41) is 13.8. The highest BCUT2D eigenvalue weighted by Gasteiger charge is 2.41. The molecule has 1 aromatic heterocycles. The van der Waals surface area contributed by atoms with Gasteiger partial charge in [0.2, 0.25) is 0 Å². The number of aryl methyl sites for hydroxylation is 2. The molecule has 1 amide bonds. The van der Waals surface area contributed by atoms with E-state index in [1.807, 2.05) is 45.2 Å². The molecule has 2 aromatic rings. The molecule has 1 aliphatic rings. The van der Waals surface area contributed by atoms with Crippen LogP contribution in [0.4, 0.5) is 0 Å². The normalized spacial score (nSPS) is 19.6. The van der Waals surface area contributed by atoms with Gasteiger partial charge in [-0.3, -0.25) is 14.3 Å². The first-order valence-electron chi connectivity index (χ1n) is 8.55. The molecule has 1 fully saturated rings. The van der Waals surface area contributed by atoms with Gasteiger partial charge in [0.25, 0.3) is 5.91 Å². The van der Waals surface area contributed by atoms with Crippen LogP contribution in [-0.2, 0) is 16.6 Å². The summed E-state index contributed by atoms with van der Waals surface area (Å²) in [6, 6.07) is 7.46. The smallest absolute Gasteiger partial charge is 0.308 e. The SMILES string of the molecule is Cc1ccc(OCC(=O)N2C[C@H](C(=O)O)[C@@H](c3cnn(C)c3C)C2)cc1. The first kappa shape index (κ1) is 18.0. The molecule has 0 aliphatic carbocycles. The number of carbonyl (C=O) groups is 2. The molecule has 2 heterocycles. The molecule has 0 saturated carbocycles. The number of carboxylic acids is 1. The maximum Gasteiger partial charge on any atom is 0.308 e. The average Bonchev–Trinajstić information content (AvgIpc) is 3.19. The van der Waals surface area contributed by atoms with Crippen molar-refractivity contribution in [2.24, 2.45) is 13.0 Å². The summed E-state index contributed by atoms with van der Waals surface area (Å²) in [4.78, 5) is 25.8. The van der Waals surface area contributed by atoms with Crippen molar-refractivity contribution in [3.05, 3.63) is 47.3 Å². The van der Waals surface area contributed by atoms with Gasteiger partial charge in [0, 0.05) is 31.7 Å². The Balaban J connectivity index is 1.68. The number of likely N-dealkylation sites (tertiary alicyclic amines) is 1. The van der Waals surface area contributed by atoms with Gasteiger partial charge in [0.05, 0.1) is 12.1 Å². The van der Waals surface area contributed by atoms with Crippen LogP contribution in [0.15, 0.2) is 30.5 Å². The molecular formula is C19H23N3O4. The van der Waals surface area contributed by atoms with E-state index in [0.717, 1.165) is 16.8 Å². The number of ether oxygens (including phenoxy) is 1. The second kappa shape index (κ2) is 7.19. The lowest BCUT2D eigenvalue weighted by atomic mass is 9.89. The van der Waals surface area contributed by atoms with Gasteiger partial charge in [-0.15, -0.1) is 0 Å². The Hall–Kier alpha value is -2.83. The van der Waals surface area contributed by atoms with Gasteiger partial charge < -0.3 is 14.7 Å².